The average molecular weight is 425 g/mol. The van der Waals surface area contributed by atoms with Crippen molar-refractivity contribution in [2.45, 2.75) is 13.0 Å². The lowest BCUT2D eigenvalue weighted by molar-refractivity contribution is 0.595. The van der Waals surface area contributed by atoms with Crippen molar-refractivity contribution in [1.82, 2.24) is 0 Å². The third kappa shape index (κ3) is 3.51. The van der Waals surface area contributed by atoms with Crippen LogP contribution in [0.2, 0.25) is 5.02 Å². The molecule has 0 bridgehead atoms. The second-order valence-electron chi connectivity index (χ2n) is 4.28. The monoisotopic (exact) mass is 423 g/mol. The van der Waals surface area contributed by atoms with Crippen LogP contribution in [-0.4, -0.2) is 0 Å². The average Bonchev–Trinajstić information content (AvgIpc) is 2.35. The van der Waals surface area contributed by atoms with Gasteiger partial charge in [0.2, 0.25) is 0 Å². The van der Waals surface area contributed by atoms with Crippen LogP contribution in [0.25, 0.3) is 0 Å². The van der Waals surface area contributed by atoms with Crippen LogP contribution in [0.15, 0.2) is 39.3 Å². The Morgan fingerprint density at radius 2 is 1.80 bits per heavy atom. The van der Waals surface area contributed by atoms with E-state index in [1.165, 1.54) is 0 Å². The van der Waals surface area contributed by atoms with Gasteiger partial charge in [-0.05, 0) is 46.6 Å². The number of halogens is 5. The molecule has 0 aliphatic carbocycles. The molecule has 0 saturated carbocycles. The molecule has 106 valence electrons. The molecule has 0 fully saturated rings. The van der Waals surface area contributed by atoms with E-state index in [0.717, 1.165) is 22.2 Å². The Morgan fingerprint density at radius 1 is 1.10 bits per heavy atom. The third-order valence-electron chi connectivity index (χ3n) is 2.81. The van der Waals surface area contributed by atoms with Crippen molar-refractivity contribution in [3.05, 3.63) is 61.5 Å². The van der Waals surface area contributed by atoms with Gasteiger partial charge in [0.1, 0.15) is 11.6 Å². The minimum Gasteiger partial charge on any atom is -0.376 e. The molecular weight excluding hydrogens is 415 g/mol. The van der Waals surface area contributed by atoms with Crippen molar-refractivity contribution >= 4 is 49.1 Å². The van der Waals surface area contributed by atoms with E-state index < -0.39 is 11.6 Å². The number of nitrogens with one attached hydrogen (secondary N) is 1. The van der Waals surface area contributed by atoms with E-state index in [0.29, 0.717) is 5.02 Å². The van der Waals surface area contributed by atoms with Gasteiger partial charge in [-0.3, -0.25) is 0 Å². The molecule has 1 atom stereocenters. The van der Waals surface area contributed by atoms with Crippen molar-refractivity contribution in [3.8, 4) is 0 Å². The first-order valence-corrected chi connectivity index (χ1v) is 7.71. The van der Waals surface area contributed by atoms with Crippen molar-refractivity contribution < 1.29 is 8.78 Å². The molecular formula is C14H10Br2ClF2N. The maximum Gasteiger partial charge on any atom is 0.147 e. The molecule has 0 heterocycles. The second kappa shape index (κ2) is 6.41. The fourth-order valence-corrected chi connectivity index (χ4v) is 2.95. The zero-order chi connectivity index (χ0) is 14.9. The number of anilines is 1. The molecule has 1 unspecified atom stereocenters. The topological polar surface area (TPSA) is 12.0 Å². The molecule has 2 rings (SSSR count). The van der Waals surface area contributed by atoms with Crippen LogP contribution in [-0.2, 0) is 0 Å². The normalized spacial score (nSPS) is 12.3. The Hall–Kier alpha value is -0.650. The number of hydrogen-bond acceptors (Lipinski definition) is 1. The smallest absolute Gasteiger partial charge is 0.147 e. The standard InChI is InChI=1S/C14H10Br2ClF2N/c1-7(9-3-2-8(15)4-11(9)17)20-14-6-12(18)10(16)5-13(14)19/h2-7,20H,1H3. The first kappa shape index (κ1) is 15.7. The van der Waals surface area contributed by atoms with Gasteiger partial charge in [-0.25, -0.2) is 8.78 Å². The molecule has 0 spiro atoms. The minimum absolute atomic E-state index is 0.0925. The number of benzene rings is 2. The Bertz CT molecular complexity index is 649. The van der Waals surface area contributed by atoms with E-state index in [4.69, 9.17) is 11.6 Å². The summed E-state index contributed by atoms with van der Waals surface area (Å²) in [5.41, 5.74) is 0.898. The highest BCUT2D eigenvalue weighted by atomic mass is 79.9. The van der Waals surface area contributed by atoms with Crippen molar-refractivity contribution in [2.24, 2.45) is 0 Å². The van der Waals surface area contributed by atoms with Crippen LogP contribution in [0.3, 0.4) is 0 Å². The molecule has 0 aromatic heterocycles. The van der Waals surface area contributed by atoms with Crippen molar-refractivity contribution in [3.63, 3.8) is 0 Å². The Kier molecular flexibility index (Phi) is 5.04. The highest BCUT2D eigenvalue weighted by Gasteiger charge is 2.14. The predicted octanol–water partition coefficient (Wildman–Crippen LogP) is 6.32. The zero-order valence-corrected chi connectivity index (χ0v) is 14.3. The molecule has 0 saturated heterocycles. The van der Waals surface area contributed by atoms with Crippen LogP contribution in [0.4, 0.5) is 14.5 Å². The van der Waals surface area contributed by atoms with Gasteiger partial charge in [-0.2, -0.15) is 0 Å². The van der Waals surface area contributed by atoms with Crippen LogP contribution in [0.1, 0.15) is 18.5 Å². The summed E-state index contributed by atoms with van der Waals surface area (Å²) in [6.07, 6.45) is 0. The maximum absolute atomic E-state index is 13.8. The fraction of sp³-hybridized carbons (Fsp3) is 0.143. The molecule has 20 heavy (non-hydrogen) atoms. The van der Waals surface area contributed by atoms with Crippen LogP contribution < -0.4 is 5.32 Å². The second-order valence-corrected chi connectivity index (χ2v) is 6.46. The molecule has 1 nitrogen and oxygen atoms in total. The van der Waals surface area contributed by atoms with E-state index in [-0.39, 0.29) is 16.2 Å². The molecule has 2 aromatic rings. The van der Waals surface area contributed by atoms with Crippen LogP contribution in [0, 0.1) is 11.6 Å². The summed E-state index contributed by atoms with van der Waals surface area (Å²) in [6, 6.07) is 7.38. The van der Waals surface area contributed by atoms with Crippen LogP contribution in [0.5, 0.6) is 0 Å². The summed E-state index contributed by atoms with van der Waals surface area (Å²) in [7, 11) is 0. The van der Waals surface area contributed by atoms with E-state index in [1.807, 2.05) is 19.1 Å². The van der Waals surface area contributed by atoms with Gasteiger partial charge in [0.05, 0.1) is 16.2 Å². The fourth-order valence-electron chi connectivity index (χ4n) is 1.80. The summed E-state index contributed by atoms with van der Waals surface area (Å²) in [4.78, 5) is 0. The summed E-state index contributed by atoms with van der Waals surface area (Å²) < 4.78 is 28.2. The molecule has 0 amide bonds. The maximum atomic E-state index is 13.8. The molecule has 0 aliphatic rings. The number of rotatable bonds is 3. The summed E-state index contributed by atoms with van der Waals surface area (Å²) in [5, 5.41) is 3.47. The lowest BCUT2D eigenvalue weighted by Crippen LogP contribution is -2.09. The molecule has 2 aromatic carbocycles. The quantitative estimate of drug-likeness (QED) is 0.568. The first-order chi connectivity index (χ1) is 9.38. The lowest BCUT2D eigenvalue weighted by Gasteiger charge is -2.18. The molecule has 0 aliphatic heterocycles. The molecule has 1 N–H and O–H groups in total. The number of hydrogen-bond donors (Lipinski definition) is 1. The Labute approximate surface area is 137 Å². The first-order valence-electron chi connectivity index (χ1n) is 5.74. The van der Waals surface area contributed by atoms with E-state index in [2.05, 4.69) is 37.2 Å². The third-order valence-corrected chi connectivity index (χ3v) is 4.24. The largest absolute Gasteiger partial charge is 0.376 e. The minimum atomic E-state index is -0.529. The van der Waals surface area contributed by atoms with Gasteiger partial charge in [-0.1, -0.05) is 33.6 Å². The van der Waals surface area contributed by atoms with E-state index >= 15 is 0 Å². The zero-order valence-electron chi connectivity index (χ0n) is 10.4. The van der Waals surface area contributed by atoms with Gasteiger partial charge < -0.3 is 5.32 Å². The SMILES string of the molecule is CC(Nc1cc(F)c(Br)cc1F)c1ccc(Br)cc1Cl. The van der Waals surface area contributed by atoms with Gasteiger partial charge in [-0.15, -0.1) is 0 Å². The Balaban J connectivity index is 2.27. The molecule has 0 radical (unpaired) electrons. The summed E-state index contributed by atoms with van der Waals surface area (Å²) >= 11 is 12.4. The lowest BCUT2D eigenvalue weighted by atomic mass is 10.1. The van der Waals surface area contributed by atoms with E-state index in [1.54, 1.807) is 6.07 Å². The van der Waals surface area contributed by atoms with Gasteiger partial charge >= 0.3 is 0 Å². The van der Waals surface area contributed by atoms with Crippen molar-refractivity contribution in [1.29, 1.82) is 0 Å². The Morgan fingerprint density at radius 3 is 2.45 bits per heavy atom. The van der Waals surface area contributed by atoms with E-state index in [9.17, 15) is 8.78 Å². The molecule has 6 heteroatoms. The highest BCUT2D eigenvalue weighted by molar-refractivity contribution is 9.10. The summed E-state index contributed by atoms with van der Waals surface area (Å²) in [6.45, 7) is 1.83. The van der Waals surface area contributed by atoms with Crippen LogP contribution >= 0.6 is 43.5 Å². The van der Waals surface area contributed by atoms with Gasteiger partial charge in [0.25, 0.3) is 0 Å². The highest BCUT2D eigenvalue weighted by Crippen LogP contribution is 2.30. The van der Waals surface area contributed by atoms with Gasteiger partial charge in [0.15, 0.2) is 0 Å². The van der Waals surface area contributed by atoms with Crippen molar-refractivity contribution in [2.75, 3.05) is 5.32 Å². The predicted molar refractivity (Wildman–Crippen MR) is 85.2 cm³/mol. The van der Waals surface area contributed by atoms with Gasteiger partial charge in [0, 0.05) is 15.6 Å². The summed E-state index contributed by atoms with van der Waals surface area (Å²) in [5.74, 6) is -1.05.